The Morgan fingerprint density at radius 3 is 3.00 bits per heavy atom. The summed E-state index contributed by atoms with van der Waals surface area (Å²) in [5, 5.41) is 14.7. The van der Waals surface area contributed by atoms with E-state index in [-0.39, 0.29) is 18.5 Å². The van der Waals surface area contributed by atoms with Crippen molar-refractivity contribution in [3.05, 3.63) is 29.6 Å². The molecule has 4 rings (SSSR count). The number of aromatic nitrogens is 1. The van der Waals surface area contributed by atoms with Crippen LogP contribution >= 0.6 is 11.3 Å². The molecule has 31 heavy (non-hydrogen) atoms. The van der Waals surface area contributed by atoms with E-state index in [1.165, 1.54) is 0 Å². The molecule has 1 amide bonds. The van der Waals surface area contributed by atoms with E-state index in [1.54, 1.807) is 11.3 Å². The highest BCUT2D eigenvalue weighted by Crippen LogP contribution is 2.32. The first-order chi connectivity index (χ1) is 15.2. The van der Waals surface area contributed by atoms with E-state index < -0.39 is 0 Å². The quantitative estimate of drug-likeness (QED) is 0.724. The molecule has 7 nitrogen and oxygen atoms in total. The van der Waals surface area contributed by atoms with Gasteiger partial charge in [-0.1, -0.05) is 12.1 Å². The predicted molar refractivity (Wildman–Crippen MR) is 125 cm³/mol. The molecule has 0 radical (unpaired) electrons. The molecule has 2 saturated heterocycles. The number of carbonyl (C=O) groups is 1. The number of benzene rings is 1. The number of piperidine rings is 1. The maximum Gasteiger partial charge on any atom is 0.243 e. The Labute approximate surface area is 188 Å². The van der Waals surface area contributed by atoms with Crippen molar-refractivity contribution in [1.29, 1.82) is 5.26 Å². The summed E-state index contributed by atoms with van der Waals surface area (Å²) in [5.74, 6) is -0.0614. The lowest BCUT2D eigenvalue weighted by Crippen LogP contribution is -2.49. The highest BCUT2D eigenvalue weighted by atomic mass is 32.1. The molecule has 1 aromatic heterocycles. The molecule has 1 atom stereocenters. The summed E-state index contributed by atoms with van der Waals surface area (Å²) in [7, 11) is 2.18. The number of likely N-dealkylation sites (N-methyl/N-ethyl adjacent to an activating group) is 1. The summed E-state index contributed by atoms with van der Waals surface area (Å²) in [6.07, 6.45) is 4.06. The van der Waals surface area contributed by atoms with Crippen LogP contribution < -0.4 is 15.1 Å². The zero-order valence-corrected chi connectivity index (χ0v) is 18.9. The van der Waals surface area contributed by atoms with Crippen LogP contribution in [0, 0.1) is 11.3 Å². The molecule has 0 bridgehead atoms. The molecule has 1 N–H and O–H groups in total. The van der Waals surface area contributed by atoms with Crippen molar-refractivity contribution in [3.8, 4) is 17.3 Å². The van der Waals surface area contributed by atoms with Gasteiger partial charge in [0.25, 0.3) is 0 Å². The van der Waals surface area contributed by atoms with Gasteiger partial charge in [0.2, 0.25) is 5.91 Å². The molecule has 2 aliphatic rings. The second kappa shape index (κ2) is 10.1. The van der Waals surface area contributed by atoms with Gasteiger partial charge in [-0.3, -0.25) is 4.79 Å². The molecule has 0 spiro atoms. The molecule has 0 aliphatic carbocycles. The van der Waals surface area contributed by atoms with E-state index in [0.29, 0.717) is 0 Å². The Balaban J connectivity index is 1.52. The van der Waals surface area contributed by atoms with Crippen LogP contribution in [0.1, 0.15) is 25.7 Å². The number of nitrogens with zero attached hydrogens (tertiary/aromatic N) is 5. The van der Waals surface area contributed by atoms with Crippen molar-refractivity contribution in [2.75, 3.05) is 56.1 Å². The Kier molecular flexibility index (Phi) is 7.05. The Hall–Kier alpha value is -2.63. The highest BCUT2D eigenvalue weighted by Gasteiger charge is 2.29. The monoisotopic (exact) mass is 438 g/mol. The van der Waals surface area contributed by atoms with Gasteiger partial charge in [0.05, 0.1) is 11.8 Å². The topological polar surface area (TPSA) is 75.5 Å². The maximum absolute atomic E-state index is 12.6. The van der Waals surface area contributed by atoms with Gasteiger partial charge in [-0.15, -0.1) is 11.3 Å². The third kappa shape index (κ3) is 5.17. The van der Waals surface area contributed by atoms with Crippen molar-refractivity contribution in [1.82, 2.24) is 15.2 Å². The number of hydrogen-bond donors (Lipinski definition) is 1. The number of rotatable bonds is 5. The number of hydrogen-bond acceptors (Lipinski definition) is 7. The first-order valence-corrected chi connectivity index (χ1v) is 11.9. The summed E-state index contributed by atoms with van der Waals surface area (Å²) >= 11 is 1.71. The van der Waals surface area contributed by atoms with E-state index in [1.807, 2.05) is 12.1 Å². The highest BCUT2D eigenvalue weighted by molar-refractivity contribution is 7.14. The Morgan fingerprint density at radius 2 is 2.13 bits per heavy atom. The van der Waals surface area contributed by atoms with Crippen molar-refractivity contribution in [2.24, 2.45) is 0 Å². The first-order valence-electron chi connectivity index (χ1n) is 11.1. The second-order valence-electron chi connectivity index (χ2n) is 8.29. The number of thiazole rings is 1. The summed E-state index contributed by atoms with van der Waals surface area (Å²) in [4.78, 5) is 24.5. The number of nitriles is 1. The predicted octanol–water partition coefficient (Wildman–Crippen LogP) is 2.95. The van der Waals surface area contributed by atoms with E-state index in [0.717, 1.165) is 80.5 Å². The minimum absolute atomic E-state index is 0.0527. The summed E-state index contributed by atoms with van der Waals surface area (Å²) in [5.41, 5.74) is 3.11. The average molecular weight is 439 g/mol. The second-order valence-corrected chi connectivity index (χ2v) is 9.13. The van der Waals surface area contributed by atoms with Crippen molar-refractivity contribution in [2.45, 2.75) is 31.7 Å². The Bertz CT molecular complexity index is 938. The van der Waals surface area contributed by atoms with Crippen LogP contribution in [-0.2, 0) is 4.79 Å². The van der Waals surface area contributed by atoms with E-state index in [9.17, 15) is 4.79 Å². The molecular weight excluding hydrogens is 408 g/mol. The Morgan fingerprint density at radius 1 is 1.23 bits per heavy atom. The van der Waals surface area contributed by atoms with E-state index in [2.05, 4.69) is 50.6 Å². The zero-order chi connectivity index (χ0) is 21.6. The third-order valence-corrected chi connectivity index (χ3v) is 7.00. The lowest BCUT2D eigenvalue weighted by molar-refractivity contribution is -0.122. The van der Waals surface area contributed by atoms with Gasteiger partial charge in [0, 0.05) is 42.8 Å². The van der Waals surface area contributed by atoms with Crippen LogP contribution in [0.15, 0.2) is 29.6 Å². The fraction of sp³-hybridized carbons (Fsp3) is 0.522. The van der Waals surface area contributed by atoms with Crippen LogP contribution in [0.25, 0.3) is 11.3 Å². The summed E-state index contributed by atoms with van der Waals surface area (Å²) < 4.78 is 0. The normalized spacial score (nSPS) is 20.2. The lowest BCUT2D eigenvalue weighted by atomic mass is 9.99. The van der Waals surface area contributed by atoms with Crippen LogP contribution in [0.4, 0.5) is 10.8 Å². The maximum atomic E-state index is 12.6. The molecule has 0 saturated carbocycles. The SMILES string of the molecule is CN1CCCN(c2nc(-c3cccc(N4CCCCC4C(=O)NCC#N)c3)cs2)CC1. The number of nitrogens with one attached hydrogen (secondary N) is 1. The standard InChI is InChI=1S/C23H30N6OS/c1-27-11-5-12-28(15-14-27)23-26-20(17-31-23)18-6-4-7-19(16-18)29-13-3-2-8-21(29)22(30)25-10-9-24/h4,6-7,16-17,21H,2-3,5,8,10-15H2,1H3,(H,25,30). The molecule has 8 heteroatoms. The van der Waals surface area contributed by atoms with Crippen LogP contribution in [0.5, 0.6) is 0 Å². The van der Waals surface area contributed by atoms with Crippen molar-refractivity contribution >= 4 is 28.1 Å². The number of carbonyl (C=O) groups excluding carboxylic acids is 1. The van der Waals surface area contributed by atoms with Gasteiger partial charge in [0.1, 0.15) is 12.6 Å². The molecule has 2 aliphatic heterocycles. The van der Waals surface area contributed by atoms with Crippen LogP contribution in [0.3, 0.4) is 0 Å². The smallest absolute Gasteiger partial charge is 0.243 e. The first kappa shape index (κ1) is 21.6. The van der Waals surface area contributed by atoms with Gasteiger partial charge in [-0.05, 0) is 51.4 Å². The molecule has 3 heterocycles. The van der Waals surface area contributed by atoms with Gasteiger partial charge in [-0.25, -0.2) is 4.98 Å². The van der Waals surface area contributed by atoms with Gasteiger partial charge >= 0.3 is 0 Å². The van der Waals surface area contributed by atoms with E-state index >= 15 is 0 Å². The van der Waals surface area contributed by atoms with E-state index in [4.69, 9.17) is 10.2 Å². The zero-order valence-electron chi connectivity index (χ0n) is 18.1. The van der Waals surface area contributed by atoms with Crippen molar-refractivity contribution < 1.29 is 4.79 Å². The number of amides is 1. The lowest BCUT2D eigenvalue weighted by Gasteiger charge is -2.36. The van der Waals surface area contributed by atoms with Crippen LogP contribution in [-0.4, -0.2) is 68.1 Å². The van der Waals surface area contributed by atoms with Crippen molar-refractivity contribution in [3.63, 3.8) is 0 Å². The minimum Gasteiger partial charge on any atom is -0.360 e. The third-order valence-electron chi connectivity index (χ3n) is 6.10. The van der Waals surface area contributed by atoms with Gasteiger partial charge in [-0.2, -0.15) is 5.26 Å². The molecule has 2 aromatic rings. The summed E-state index contributed by atoms with van der Waals surface area (Å²) in [6.45, 7) is 5.15. The fourth-order valence-electron chi connectivity index (χ4n) is 4.38. The largest absolute Gasteiger partial charge is 0.360 e. The average Bonchev–Trinajstić information content (AvgIpc) is 3.20. The molecule has 1 unspecified atom stereocenters. The molecular formula is C23H30N6OS. The minimum atomic E-state index is -0.225. The molecule has 2 fully saturated rings. The molecule has 164 valence electrons. The van der Waals surface area contributed by atoms with Gasteiger partial charge in [0.15, 0.2) is 5.13 Å². The summed E-state index contributed by atoms with van der Waals surface area (Å²) in [6, 6.07) is 10.1. The number of anilines is 2. The molecule has 1 aromatic carbocycles. The fourth-order valence-corrected chi connectivity index (χ4v) is 5.27. The van der Waals surface area contributed by atoms with Crippen LogP contribution in [0.2, 0.25) is 0 Å². The van der Waals surface area contributed by atoms with Gasteiger partial charge < -0.3 is 20.0 Å².